The van der Waals surface area contributed by atoms with E-state index in [1.807, 2.05) is 24.3 Å². The van der Waals surface area contributed by atoms with Crippen LogP contribution >= 0.6 is 0 Å². The summed E-state index contributed by atoms with van der Waals surface area (Å²) in [6.07, 6.45) is 13.1. The van der Waals surface area contributed by atoms with Crippen molar-refractivity contribution < 1.29 is 24.3 Å². The summed E-state index contributed by atoms with van der Waals surface area (Å²) < 4.78 is 0. The Kier molecular flexibility index (Phi) is 13.4. The molecule has 3 aromatic rings. The molecule has 0 saturated carbocycles. The van der Waals surface area contributed by atoms with E-state index in [0.717, 1.165) is 29.0 Å². The highest BCUT2D eigenvalue weighted by molar-refractivity contribution is 6.36. The van der Waals surface area contributed by atoms with Crippen molar-refractivity contribution in [2.45, 2.75) is 77.6 Å². The Balaban J connectivity index is 1.49. The molecule has 0 atom stereocenters. The number of hydroxylamine groups is 1. The third kappa shape index (κ3) is 10.7. The van der Waals surface area contributed by atoms with Gasteiger partial charge in [-0.05, 0) is 42.3 Å². The van der Waals surface area contributed by atoms with Gasteiger partial charge in [0.05, 0.1) is 5.69 Å². The van der Waals surface area contributed by atoms with Gasteiger partial charge in [-0.2, -0.15) is 0 Å². The van der Waals surface area contributed by atoms with Crippen molar-refractivity contribution in [2.24, 2.45) is 0 Å². The fourth-order valence-corrected chi connectivity index (χ4v) is 4.61. The van der Waals surface area contributed by atoms with Gasteiger partial charge in [-0.25, -0.2) is 4.79 Å². The van der Waals surface area contributed by atoms with Crippen molar-refractivity contribution in [3.05, 3.63) is 95.6 Å². The van der Waals surface area contributed by atoms with Crippen LogP contribution in [-0.4, -0.2) is 29.4 Å². The van der Waals surface area contributed by atoms with Crippen molar-refractivity contribution in [1.29, 1.82) is 0 Å². The first-order valence-corrected chi connectivity index (χ1v) is 14.7. The van der Waals surface area contributed by atoms with Crippen molar-refractivity contribution in [3.8, 4) is 5.75 Å². The molecule has 3 aromatic carbocycles. The number of hydrogen-bond acceptors (Lipinski definition) is 4. The van der Waals surface area contributed by atoms with E-state index in [9.17, 15) is 19.5 Å². The number of carboxylic acid groups (broad SMARTS) is 1. The minimum atomic E-state index is -1.62. The summed E-state index contributed by atoms with van der Waals surface area (Å²) in [7, 11) is 0. The summed E-state index contributed by atoms with van der Waals surface area (Å²) in [5, 5.41) is 13.1. The largest absolute Gasteiger partial charge is 0.474 e. The van der Waals surface area contributed by atoms with Crippen molar-refractivity contribution in [2.75, 3.05) is 11.6 Å². The van der Waals surface area contributed by atoms with Gasteiger partial charge in [-0.15, -0.1) is 5.06 Å². The quantitative estimate of drug-likeness (QED) is 0.103. The molecule has 0 fully saturated rings. The van der Waals surface area contributed by atoms with Gasteiger partial charge >= 0.3 is 11.9 Å². The van der Waals surface area contributed by atoms with E-state index in [1.54, 1.807) is 54.6 Å². The number of carboxylic acids is 1. The van der Waals surface area contributed by atoms with Crippen LogP contribution in [0.1, 0.15) is 92.6 Å². The topological polar surface area (TPSA) is 95.9 Å². The Morgan fingerprint density at radius 1 is 0.732 bits per heavy atom. The van der Waals surface area contributed by atoms with E-state index >= 15 is 0 Å². The van der Waals surface area contributed by atoms with Crippen LogP contribution < -0.4 is 15.2 Å². The average molecular weight is 559 g/mol. The van der Waals surface area contributed by atoms with Crippen molar-refractivity contribution >= 4 is 23.5 Å². The zero-order valence-corrected chi connectivity index (χ0v) is 24.0. The molecule has 0 bridgehead atoms. The highest BCUT2D eigenvalue weighted by atomic mass is 16.7. The van der Waals surface area contributed by atoms with Crippen LogP contribution in [0.15, 0.2) is 78.9 Å². The van der Waals surface area contributed by atoms with E-state index in [0.29, 0.717) is 30.0 Å². The molecule has 0 aliphatic rings. The molecular formula is C34H42N2O5. The number of anilines is 1. The van der Waals surface area contributed by atoms with Gasteiger partial charge in [-0.1, -0.05) is 113 Å². The van der Waals surface area contributed by atoms with Crippen LogP contribution in [0.25, 0.3) is 0 Å². The fourth-order valence-electron chi connectivity index (χ4n) is 4.61. The molecule has 0 radical (unpaired) electrons. The summed E-state index contributed by atoms with van der Waals surface area (Å²) in [6, 6.07) is 22.9. The smallest absolute Gasteiger partial charge is 0.398 e. The van der Waals surface area contributed by atoms with E-state index in [2.05, 4.69) is 12.2 Å². The van der Waals surface area contributed by atoms with Gasteiger partial charge in [-0.3, -0.25) is 9.59 Å². The van der Waals surface area contributed by atoms with Crippen LogP contribution in [0.4, 0.5) is 5.69 Å². The number of unbranched alkanes of at least 4 members (excludes halogenated alkanes) is 9. The maximum atomic E-state index is 12.6. The zero-order chi connectivity index (χ0) is 29.3. The number of carbonyl (C=O) groups excluding carboxylic acids is 2. The first-order valence-electron chi connectivity index (χ1n) is 14.7. The fraction of sp³-hybridized carbons (Fsp3) is 0.382. The molecule has 0 aliphatic carbocycles. The van der Waals surface area contributed by atoms with Gasteiger partial charge in [0.15, 0.2) is 5.75 Å². The Morgan fingerprint density at radius 2 is 1.32 bits per heavy atom. The second-order valence-electron chi connectivity index (χ2n) is 10.3. The Labute approximate surface area is 243 Å². The minimum absolute atomic E-state index is 0.0816. The number of para-hydroxylation sites is 2. The van der Waals surface area contributed by atoms with E-state index in [1.165, 1.54) is 51.4 Å². The Hall–Kier alpha value is -4.13. The number of amides is 2. The average Bonchev–Trinajstić information content (AvgIpc) is 2.99. The Bertz CT molecular complexity index is 1230. The number of nitrogens with zero attached hydrogens (tertiary/aromatic N) is 1. The molecule has 7 heteroatoms. The number of rotatable bonds is 17. The molecule has 41 heavy (non-hydrogen) atoms. The van der Waals surface area contributed by atoms with Crippen LogP contribution in [-0.2, 0) is 16.0 Å². The number of carbonyl (C=O) groups is 3. The molecule has 0 saturated heterocycles. The van der Waals surface area contributed by atoms with Crippen molar-refractivity contribution in [1.82, 2.24) is 5.32 Å². The minimum Gasteiger partial charge on any atom is -0.474 e. The van der Waals surface area contributed by atoms with Crippen LogP contribution in [0.3, 0.4) is 0 Å². The van der Waals surface area contributed by atoms with Crippen LogP contribution in [0.5, 0.6) is 5.75 Å². The maximum absolute atomic E-state index is 12.6. The van der Waals surface area contributed by atoms with Crippen molar-refractivity contribution in [3.63, 3.8) is 0 Å². The zero-order valence-electron chi connectivity index (χ0n) is 24.0. The lowest BCUT2D eigenvalue weighted by Crippen LogP contribution is -2.39. The predicted molar refractivity (Wildman–Crippen MR) is 162 cm³/mol. The van der Waals surface area contributed by atoms with E-state index < -0.39 is 11.9 Å². The number of aliphatic carboxylic acids is 1. The van der Waals surface area contributed by atoms with Gasteiger partial charge in [0.25, 0.3) is 5.91 Å². The molecule has 2 N–H and O–H groups in total. The van der Waals surface area contributed by atoms with Gasteiger partial charge < -0.3 is 15.3 Å². The van der Waals surface area contributed by atoms with Gasteiger partial charge in [0, 0.05) is 24.1 Å². The molecule has 2 amide bonds. The van der Waals surface area contributed by atoms with Gasteiger partial charge in [0.2, 0.25) is 0 Å². The van der Waals surface area contributed by atoms with Crippen LogP contribution in [0, 0.1) is 0 Å². The molecule has 3 rings (SSSR count). The third-order valence-electron chi connectivity index (χ3n) is 6.95. The van der Waals surface area contributed by atoms with E-state index in [4.69, 9.17) is 4.84 Å². The first kappa shape index (κ1) is 31.4. The SMILES string of the molecule is CCCCCCCCCCCCNC(=O)c1ccc(Cc2ccccc2ON(C(=O)C(=O)O)c2ccccc2)cc1. The lowest BCUT2D eigenvalue weighted by Gasteiger charge is -2.22. The second-order valence-corrected chi connectivity index (χ2v) is 10.3. The number of hydrogen-bond donors (Lipinski definition) is 2. The number of nitrogens with one attached hydrogen (secondary N) is 1. The summed E-state index contributed by atoms with van der Waals surface area (Å²) in [5.74, 6) is -2.53. The molecule has 0 spiro atoms. The third-order valence-corrected chi connectivity index (χ3v) is 6.95. The molecule has 7 nitrogen and oxygen atoms in total. The Morgan fingerprint density at radius 3 is 1.95 bits per heavy atom. The highest BCUT2D eigenvalue weighted by Gasteiger charge is 2.25. The lowest BCUT2D eigenvalue weighted by molar-refractivity contribution is -0.150. The molecule has 0 unspecified atom stereocenters. The molecular weight excluding hydrogens is 516 g/mol. The molecule has 0 aliphatic heterocycles. The monoisotopic (exact) mass is 558 g/mol. The normalized spacial score (nSPS) is 10.7. The summed E-state index contributed by atoms with van der Waals surface area (Å²) >= 11 is 0. The number of benzene rings is 3. The molecule has 0 aromatic heterocycles. The second kappa shape index (κ2) is 17.5. The summed E-state index contributed by atoms with van der Waals surface area (Å²) in [6.45, 7) is 2.92. The summed E-state index contributed by atoms with van der Waals surface area (Å²) in [5.41, 5.74) is 2.63. The maximum Gasteiger partial charge on any atom is 0.398 e. The predicted octanol–water partition coefficient (Wildman–Crippen LogP) is 7.34. The lowest BCUT2D eigenvalue weighted by atomic mass is 10.0. The standard InChI is InChI=1S/C34H42N2O5/c1-2-3-4-5-6-7-8-9-10-16-25-35-32(37)28-23-21-27(22-24-28)26-29-17-14-15-20-31(29)41-36(33(38)34(39)40)30-18-12-11-13-19-30/h11-15,17-24H,2-10,16,25-26H2,1H3,(H,35,37)(H,39,40). The molecule has 218 valence electrons. The molecule has 0 heterocycles. The van der Waals surface area contributed by atoms with Crippen LogP contribution in [0.2, 0.25) is 0 Å². The van der Waals surface area contributed by atoms with E-state index in [-0.39, 0.29) is 5.91 Å². The van der Waals surface area contributed by atoms with Gasteiger partial charge in [0.1, 0.15) is 0 Å². The summed E-state index contributed by atoms with van der Waals surface area (Å²) in [4.78, 5) is 42.2. The highest BCUT2D eigenvalue weighted by Crippen LogP contribution is 2.25. The first-order chi connectivity index (χ1) is 20.0.